The van der Waals surface area contributed by atoms with E-state index < -0.39 is 0 Å². The van der Waals surface area contributed by atoms with E-state index in [-0.39, 0.29) is 23.4 Å². The van der Waals surface area contributed by atoms with E-state index in [9.17, 15) is 14.0 Å². The molecule has 0 bridgehead atoms. The van der Waals surface area contributed by atoms with Crippen molar-refractivity contribution < 1.29 is 14.0 Å². The number of rotatable bonds is 6. The molecule has 1 fully saturated rings. The van der Waals surface area contributed by atoms with Crippen molar-refractivity contribution in [2.45, 2.75) is 25.0 Å². The number of hydrogen-bond donors (Lipinski definition) is 1. The molecular weight excluding hydrogens is 399 g/mol. The molecule has 0 aliphatic carbocycles. The molecule has 0 atom stereocenters. The van der Waals surface area contributed by atoms with E-state index in [2.05, 4.69) is 5.32 Å². The van der Waals surface area contributed by atoms with E-state index in [1.54, 1.807) is 36.4 Å². The van der Waals surface area contributed by atoms with Crippen LogP contribution in [0.3, 0.4) is 0 Å². The molecule has 0 radical (unpaired) electrons. The second kappa shape index (κ2) is 9.94. The van der Waals surface area contributed by atoms with Gasteiger partial charge in [0.15, 0.2) is 0 Å². The minimum absolute atomic E-state index is 0.0543. The Labute approximate surface area is 173 Å². The Kier molecular flexibility index (Phi) is 7.34. The lowest BCUT2D eigenvalue weighted by Gasteiger charge is -2.27. The summed E-state index contributed by atoms with van der Waals surface area (Å²) in [4.78, 5) is 27.0. The van der Waals surface area contributed by atoms with Crippen LogP contribution >= 0.6 is 23.4 Å². The zero-order chi connectivity index (χ0) is 19.9. The van der Waals surface area contributed by atoms with Gasteiger partial charge in [0.1, 0.15) is 5.82 Å². The topological polar surface area (TPSA) is 49.4 Å². The minimum Gasteiger partial charge on any atom is -0.339 e. The van der Waals surface area contributed by atoms with Gasteiger partial charge in [0.2, 0.25) is 5.91 Å². The van der Waals surface area contributed by atoms with Gasteiger partial charge in [-0.1, -0.05) is 29.8 Å². The highest BCUT2D eigenvalue weighted by atomic mass is 35.5. The van der Waals surface area contributed by atoms with Crippen molar-refractivity contribution in [1.82, 2.24) is 4.90 Å². The largest absolute Gasteiger partial charge is 0.339 e. The summed E-state index contributed by atoms with van der Waals surface area (Å²) >= 11 is 7.28. The molecule has 0 unspecified atom stereocenters. The van der Waals surface area contributed by atoms with Gasteiger partial charge in [-0.2, -0.15) is 0 Å². The van der Waals surface area contributed by atoms with Gasteiger partial charge in [0.05, 0.1) is 17.0 Å². The maximum Gasteiger partial charge on any atom is 0.255 e. The van der Waals surface area contributed by atoms with Crippen molar-refractivity contribution in [2.75, 3.05) is 24.2 Å². The summed E-state index contributed by atoms with van der Waals surface area (Å²) in [5.41, 5.74) is 1.40. The van der Waals surface area contributed by atoms with Gasteiger partial charge in [0, 0.05) is 29.4 Å². The standard InChI is InChI=1S/C21H22ClFN2O2S/c22-17-8-6-9-18(23)16(17)13-28-14-20(26)24-19-10-3-2-7-15(19)21(27)25-11-4-1-5-12-25/h2-3,6-10H,1,4-5,11-14H2,(H,24,26). The van der Waals surface area contributed by atoms with Gasteiger partial charge < -0.3 is 10.2 Å². The third-order valence-corrected chi connectivity index (χ3v) is 5.93. The molecule has 1 aliphatic heterocycles. The molecule has 2 amide bonds. The second-order valence-electron chi connectivity index (χ2n) is 6.64. The van der Waals surface area contributed by atoms with Gasteiger partial charge in [-0.05, 0) is 43.5 Å². The molecule has 0 spiro atoms. The Morgan fingerprint density at radius 3 is 2.57 bits per heavy atom. The lowest BCUT2D eigenvalue weighted by atomic mass is 10.1. The molecule has 2 aromatic rings. The van der Waals surface area contributed by atoms with Crippen LogP contribution in [0.4, 0.5) is 10.1 Å². The molecule has 28 heavy (non-hydrogen) atoms. The van der Waals surface area contributed by atoms with Crippen LogP contribution in [0, 0.1) is 5.82 Å². The normalized spacial score (nSPS) is 14.0. The van der Waals surface area contributed by atoms with Gasteiger partial charge in [0.25, 0.3) is 5.91 Å². The highest BCUT2D eigenvalue weighted by Crippen LogP contribution is 2.24. The molecule has 7 heteroatoms. The van der Waals surface area contributed by atoms with E-state index in [0.29, 0.717) is 27.6 Å². The third kappa shape index (κ3) is 5.26. The monoisotopic (exact) mass is 420 g/mol. The lowest BCUT2D eigenvalue weighted by molar-refractivity contribution is -0.113. The van der Waals surface area contributed by atoms with E-state index in [0.717, 1.165) is 32.4 Å². The molecular formula is C21H22ClFN2O2S. The summed E-state index contributed by atoms with van der Waals surface area (Å²) < 4.78 is 13.8. The van der Waals surface area contributed by atoms with Crippen LogP contribution in [0.15, 0.2) is 42.5 Å². The number of piperidine rings is 1. The molecule has 148 valence electrons. The number of nitrogens with one attached hydrogen (secondary N) is 1. The number of para-hydroxylation sites is 1. The number of nitrogens with zero attached hydrogens (tertiary/aromatic N) is 1. The van der Waals surface area contributed by atoms with Crippen molar-refractivity contribution in [1.29, 1.82) is 0 Å². The van der Waals surface area contributed by atoms with Gasteiger partial charge in [-0.3, -0.25) is 9.59 Å². The fourth-order valence-electron chi connectivity index (χ4n) is 3.15. The summed E-state index contributed by atoms with van der Waals surface area (Å²) in [7, 11) is 0. The highest BCUT2D eigenvalue weighted by molar-refractivity contribution is 7.99. The predicted molar refractivity (Wildman–Crippen MR) is 112 cm³/mol. The van der Waals surface area contributed by atoms with Crippen LogP contribution in [0.5, 0.6) is 0 Å². The quantitative estimate of drug-likeness (QED) is 0.717. The van der Waals surface area contributed by atoms with Crippen LogP contribution in [-0.2, 0) is 10.5 Å². The number of anilines is 1. The molecule has 4 nitrogen and oxygen atoms in total. The number of thioether (sulfide) groups is 1. The van der Waals surface area contributed by atoms with E-state index in [1.165, 1.54) is 17.8 Å². The number of hydrogen-bond acceptors (Lipinski definition) is 3. The molecule has 1 saturated heterocycles. The smallest absolute Gasteiger partial charge is 0.255 e. The number of carbonyl (C=O) groups is 2. The first kappa shape index (κ1) is 20.7. The lowest BCUT2D eigenvalue weighted by Crippen LogP contribution is -2.36. The number of amides is 2. The van der Waals surface area contributed by atoms with Gasteiger partial charge >= 0.3 is 0 Å². The second-order valence-corrected chi connectivity index (χ2v) is 8.03. The number of likely N-dealkylation sites (tertiary alicyclic amines) is 1. The summed E-state index contributed by atoms with van der Waals surface area (Å²) in [6.45, 7) is 1.50. The fraction of sp³-hybridized carbons (Fsp3) is 0.333. The van der Waals surface area contributed by atoms with E-state index in [1.807, 2.05) is 4.90 Å². The highest BCUT2D eigenvalue weighted by Gasteiger charge is 2.21. The van der Waals surface area contributed by atoms with E-state index in [4.69, 9.17) is 11.6 Å². The van der Waals surface area contributed by atoms with Crippen molar-refractivity contribution >= 4 is 40.9 Å². The van der Waals surface area contributed by atoms with Crippen molar-refractivity contribution in [3.05, 3.63) is 64.4 Å². The third-order valence-electron chi connectivity index (χ3n) is 4.62. The Balaban J connectivity index is 1.59. The zero-order valence-electron chi connectivity index (χ0n) is 15.4. The van der Waals surface area contributed by atoms with Crippen LogP contribution in [0.1, 0.15) is 35.2 Å². The van der Waals surface area contributed by atoms with Gasteiger partial charge in [-0.25, -0.2) is 4.39 Å². The molecule has 3 rings (SSSR count). The van der Waals surface area contributed by atoms with Crippen LogP contribution in [0.2, 0.25) is 5.02 Å². The Bertz CT molecular complexity index is 836. The molecule has 0 saturated carbocycles. The first-order chi connectivity index (χ1) is 13.6. The minimum atomic E-state index is -0.377. The average molecular weight is 421 g/mol. The van der Waals surface area contributed by atoms with Gasteiger partial charge in [-0.15, -0.1) is 11.8 Å². The number of benzene rings is 2. The molecule has 1 N–H and O–H groups in total. The Morgan fingerprint density at radius 2 is 1.82 bits per heavy atom. The Hall–Kier alpha value is -2.05. The summed E-state index contributed by atoms with van der Waals surface area (Å²) in [6.07, 6.45) is 3.16. The van der Waals surface area contributed by atoms with Crippen LogP contribution in [0.25, 0.3) is 0 Å². The van der Waals surface area contributed by atoms with Crippen LogP contribution in [-0.4, -0.2) is 35.6 Å². The predicted octanol–water partition coefficient (Wildman–Crippen LogP) is 4.98. The molecule has 2 aromatic carbocycles. The number of carbonyl (C=O) groups excluding carboxylic acids is 2. The van der Waals surface area contributed by atoms with Crippen molar-refractivity contribution in [3.8, 4) is 0 Å². The first-order valence-electron chi connectivity index (χ1n) is 9.25. The van der Waals surface area contributed by atoms with Crippen LogP contribution < -0.4 is 5.32 Å². The number of halogens is 2. The van der Waals surface area contributed by atoms with Crippen molar-refractivity contribution in [3.63, 3.8) is 0 Å². The maximum absolute atomic E-state index is 13.8. The maximum atomic E-state index is 13.8. The zero-order valence-corrected chi connectivity index (χ0v) is 17.0. The Morgan fingerprint density at radius 1 is 1.07 bits per heavy atom. The average Bonchev–Trinajstić information content (AvgIpc) is 2.71. The molecule has 1 aliphatic rings. The SMILES string of the molecule is O=C(CSCc1c(F)cccc1Cl)Nc1ccccc1C(=O)N1CCCCC1. The molecule has 1 heterocycles. The molecule has 0 aromatic heterocycles. The summed E-state index contributed by atoms with van der Waals surface area (Å²) in [5.74, 6) is -0.236. The first-order valence-corrected chi connectivity index (χ1v) is 10.8. The van der Waals surface area contributed by atoms with E-state index >= 15 is 0 Å². The summed E-state index contributed by atoms with van der Waals surface area (Å²) in [5, 5.41) is 3.16. The van der Waals surface area contributed by atoms with Crippen molar-refractivity contribution in [2.24, 2.45) is 0 Å². The fourth-order valence-corrected chi connectivity index (χ4v) is 4.31. The summed E-state index contributed by atoms with van der Waals surface area (Å²) in [6, 6.07) is 11.6.